The molecule has 1 saturated carbocycles. The summed E-state index contributed by atoms with van der Waals surface area (Å²) in [4.78, 5) is 13.0. The zero-order valence-corrected chi connectivity index (χ0v) is 13.3. The number of thioether (sulfide) groups is 1. The molecule has 0 radical (unpaired) electrons. The van der Waals surface area contributed by atoms with Crippen LogP contribution in [0.5, 0.6) is 0 Å². The van der Waals surface area contributed by atoms with Gasteiger partial charge in [0.05, 0.1) is 5.02 Å². The molecule has 20 heavy (non-hydrogen) atoms. The van der Waals surface area contributed by atoms with E-state index < -0.39 is 0 Å². The van der Waals surface area contributed by atoms with Crippen molar-refractivity contribution in [3.05, 3.63) is 29.3 Å². The van der Waals surface area contributed by atoms with Gasteiger partial charge in [0, 0.05) is 23.1 Å². The van der Waals surface area contributed by atoms with Gasteiger partial charge in [-0.25, -0.2) is 0 Å². The molecule has 1 fully saturated rings. The van der Waals surface area contributed by atoms with Crippen molar-refractivity contribution < 1.29 is 4.79 Å². The van der Waals surface area contributed by atoms with Crippen molar-refractivity contribution in [2.45, 2.75) is 55.9 Å². The Bertz CT molecular complexity index is 430. The van der Waals surface area contributed by atoms with Crippen molar-refractivity contribution in [2.75, 3.05) is 5.75 Å². The maximum atomic E-state index is 11.9. The Morgan fingerprint density at radius 1 is 1.20 bits per heavy atom. The second-order valence-corrected chi connectivity index (χ2v) is 6.83. The number of nitrogens with one attached hydrogen (secondary N) is 1. The minimum atomic E-state index is 0.177. The molecule has 1 N–H and O–H groups in total. The van der Waals surface area contributed by atoms with Crippen LogP contribution in [-0.2, 0) is 4.79 Å². The summed E-state index contributed by atoms with van der Waals surface area (Å²) in [6, 6.07) is 8.17. The quantitative estimate of drug-likeness (QED) is 0.633. The molecule has 1 aromatic carbocycles. The Kier molecular flexibility index (Phi) is 6.74. The van der Waals surface area contributed by atoms with Crippen LogP contribution in [0, 0.1) is 0 Å². The molecule has 0 spiro atoms. The summed E-state index contributed by atoms with van der Waals surface area (Å²) in [5.41, 5.74) is 0. The summed E-state index contributed by atoms with van der Waals surface area (Å²) in [5, 5.41) is 3.94. The number of rotatable bonds is 5. The van der Waals surface area contributed by atoms with Crippen molar-refractivity contribution >= 4 is 29.3 Å². The average Bonchev–Trinajstić information content (AvgIpc) is 2.69. The summed E-state index contributed by atoms with van der Waals surface area (Å²) >= 11 is 7.74. The number of carbonyl (C=O) groups is 1. The molecule has 0 bridgehead atoms. The largest absolute Gasteiger partial charge is 0.353 e. The molecule has 1 aliphatic carbocycles. The third kappa shape index (κ3) is 5.37. The van der Waals surface area contributed by atoms with Gasteiger partial charge in [-0.1, -0.05) is 49.4 Å². The van der Waals surface area contributed by atoms with Crippen LogP contribution in [0.15, 0.2) is 29.2 Å². The summed E-state index contributed by atoms with van der Waals surface area (Å²) in [6.07, 6.45) is 7.97. The van der Waals surface area contributed by atoms with E-state index in [-0.39, 0.29) is 5.91 Å². The van der Waals surface area contributed by atoms with E-state index >= 15 is 0 Å². The molecule has 0 unspecified atom stereocenters. The molecule has 4 heteroatoms. The summed E-state index contributed by atoms with van der Waals surface area (Å²) in [6.45, 7) is 0. The van der Waals surface area contributed by atoms with Crippen molar-refractivity contribution in [3.8, 4) is 0 Å². The van der Waals surface area contributed by atoms with E-state index in [9.17, 15) is 4.79 Å². The lowest BCUT2D eigenvalue weighted by Gasteiger charge is -2.16. The van der Waals surface area contributed by atoms with E-state index in [1.807, 2.05) is 24.3 Å². The standard InChI is InChI=1S/C16H22ClNOS/c17-14-9-5-6-10-15(14)20-12-11-16(19)18-13-7-3-1-2-4-8-13/h5-6,9-10,13H,1-4,7-8,11-12H2,(H,18,19). The van der Waals surface area contributed by atoms with Crippen LogP contribution in [0.1, 0.15) is 44.9 Å². The fourth-order valence-electron chi connectivity index (χ4n) is 2.54. The SMILES string of the molecule is O=C(CCSc1ccccc1Cl)NC1CCCCCC1. The predicted molar refractivity (Wildman–Crippen MR) is 86.4 cm³/mol. The number of hydrogen-bond acceptors (Lipinski definition) is 2. The summed E-state index contributed by atoms with van der Waals surface area (Å²) in [7, 11) is 0. The van der Waals surface area contributed by atoms with E-state index in [2.05, 4.69) is 5.32 Å². The molecule has 0 atom stereocenters. The second kappa shape index (κ2) is 8.58. The Hall–Kier alpha value is -0.670. The van der Waals surface area contributed by atoms with Gasteiger partial charge in [0.1, 0.15) is 0 Å². The molecule has 1 aromatic rings. The van der Waals surface area contributed by atoms with Crippen LogP contribution in [0.4, 0.5) is 0 Å². The first kappa shape index (κ1) is 15.7. The van der Waals surface area contributed by atoms with Gasteiger partial charge in [0.15, 0.2) is 0 Å². The van der Waals surface area contributed by atoms with Gasteiger partial charge in [-0.05, 0) is 25.0 Å². The molecule has 0 heterocycles. The predicted octanol–water partition coefficient (Wildman–Crippen LogP) is 4.66. The molecule has 2 rings (SSSR count). The Morgan fingerprint density at radius 2 is 1.90 bits per heavy atom. The first-order chi connectivity index (χ1) is 9.75. The molecular formula is C16H22ClNOS. The van der Waals surface area contributed by atoms with Gasteiger partial charge >= 0.3 is 0 Å². The van der Waals surface area contributed by atoms with E-state index in [0.717, 1.165) is 28.5 Å². The topological polar surface area (TPSA) is 29.1 Å². The molecular weight excluding hydrogens is 290 g/mol. The smallest absolute Gasteiger partial charge is 0.221 e. The monoisotopic (exact) mass is 311 g/mol. The highest BCUT2D eigenvalue weighted by Crippen LogP contribution is 2.27. The second-order valence-electron chi connectivity index (χ2n) is 5.28. The van der Waals surface area contributed by atoms with Gasteiger partial charge in [-0.3, -0.25) is 4.79 Å². The van der Waals surface area contributed by atoms with Crippen LogP contribution in [0.2, 0.25) is 5.02 Å². The number of benzene rings is 1. The normalized spacial score (nSPS) is 16.6. The molecule has 2 nitrogen and oxygen atoms in total. The minimum Gasteiger partial charge on any atom is -0.353 e. The van der Waals surface area contributed by atoms with Gasteiger partial charge in [-0.2, -0.15) is 0 Å². The summed E-state index contributed by atoms with van der Waals surface area (Å²) < 4.78 is 0. The third-order valence-corrected chi connectivity index (χ3v) is 5.16. The van der Waals surface area contributed by atoms with Gasteiger partial charge in [-0.15, -0.1) is 11.8 Å². The number of carbonyl (C=O) groups excluding carboxylic acids is 1. The van der Waals surface area contributed by atoms with E-state index in [0.29, 0.717) is 12.5 Å². The fraction of sp³-hybridized carbons (Fsp3) is 0.562. The van der Waals surface area contributed by atoms with Crippen LogP contribution >= 0.6 is 23.4 Å². The van der Waals surface area contributed by atoms with Gasteiger partial charge in [0.25, 0.3) is 0 Å². The van der Waals surface area contributed by atoms with E-state index in [1.165, 1.54) is 25.7 Å². The molecule has 0 aromatic heterocycles. The number of amides is 1. The zero-order valence-electron chi connectivity index (χ0n) is 11.7. The first-order valence-electron chi connectivity index (χ1n) is 7.42. The highest BCUT2D eigenvalue weighted by atomic mass is 35.5. The Labute approximate surface area is 130 Å². The zero-order chi connectivity index (χ0) is 14.2. The molecule has 1 aliphatic rings. The average molecular weight is 312 g/mol. The summed E-state index contributed by atoms with van der Waals surface area (Å²) in [5.74, 6) is 0.957. The van der Waals surface area contributed by atoms with Crippen molar-refractivity contribution in [3.63, 3.8) is 0 Å². The lowest BCUT2D eigenvalue weighted by molar-refractivity contribution is -0.121. The van der Waals surface area contributed by atoms with E-state index in [1.54, 1.807) is 11.8 Å². The Morgan fingerprint density at radius 3 is 2.60 bits per heavy atom. The maximum Gasteiger partial charge on any atom is 0.221 e. The molecule has 1 amide bonds. The highest BCUT2D eigenvalue weighted by molar-refractivity contribution is 7.99. The third-order valence-electron chi connectivity index (χ3n) is 3.64. The van der Waals surface area contributed by atoms with Crippen molar-refractivity contribution in [2.24, 2.45) is 0 Å². The van der Waals surface area contributed by atoms with Crippen LogP contribution in [-0.4, -0.2) is 17.7 Å². The first-order valence-corrected chi connectivity index (χ1v) is 8.79. The highest BCUT2D eigenvalue weighted by Gasteiger charge is 2.14. The van der Waals surface area contributed by atoms with Crippen LogP contribution in [0.25, 0.3) is 0 Å². The lowest BCUT2D eigenvalue weighted by atomic mass is 10.1. The number of hydrogen-bond donors (Lipinski definition) is 1. The van der Waals surface area contributed by atoms with Crippen LogP contribution < -0.4 is 5.32 Å². The minimum absolute atomic E-state index is 0.177. The number of halogens is 1. The lowest BCUT2D eigenvalue weighted by Crippen LogP contribution is -2.34. The van der Waals surface area contributed by atoms with Crippen LogP contribution in [0.3, 0.4) is 0 Å². The fourth-order valence-corrected chi connectivity index (χ4v) is 3.73. The molecule has 110 valence electrons. The van der Waals surface area contributed by atoms with Gasteiger partial charge < -0.3 is 5.32 Å². The van der Waals surface area contributed by atoms with Gasteiger partial charge in [0.2, 0.25) is 5.91 Å². The van der Waals surface area contributed by atoms with E-state index in [4.69, 9.17) is 11.6 Å². The van der Waals surface area contributed by atoms with Crippen molar-refractivity contribution in [1.82, 2.24) is 5.32 Å². The van der Waals surface area contributed by atoms with Crippen molar-refractivity contribution in [1.29, 1.82) is 0 Å². The molecule has 0 aliphatic heterocycles. The molecule has 0 saturated heterocycles. The Balaban J connectivity index is 1.68. The maximum absolute atomic E-state index is 11.9.